The van der Waals surface area contributed by atoms with Gasteiger partial charge in [-0.3, -0.25) is 4.79 Å². The van der Waals surface area contributed by atoms with Gasteiger partial charge in [0.25, 0.3) is 0 Å². The monoisotopic (exact) mass is 212 g/mol. The first-order valence-electron chi connectivity index (χ1n) is 4.51. The van der Waals surface area contributed by atoms with E-state index in [0.29, 0.717) is 6.54 Å². The highest BCUT2D eigenvalue weighted by Gasteiger charge is 2.21. The number of amides is 1. The molecule has 0 bridgehead atoms. The van der Waals surface area contributed by atoms with Crippen LogP contribution in [-0.2, 0) is 11.3 Å². The highest BCUT2D eigenvalue weighted by Crippen LogP contribution is 2.15. The van der Waals surface area contributed by atoms with Crippen LogP contribution in [0, 0.1) is 6.92 Å². The van der Waals surface area contributed by atoms with Gasteiger partial charge in [-0.1, -0.05) is 0 Å². The van der Waals surface area contributed by atoms with Crippen LogP contribution in [0.4, 0.5) is 0 Å². The van der Waals surface area contributed by atoms with E-state index in [0.717, 1.165) is 0 Å². The van der Waals surface area contributed by atoms with Gasteiger partial charge in [0.15, 0.2) is 0 Å². The second kappa shape index (κ2) is 4.11. The fraction of sp³-hybridized carbons (Fsp3) is 0.500. The van der Waals surface area contributed by atoms with E-state index in [1.807, 2.05) is 18.4 Å². The van der Waals surface area contributed by atoms with E-state index in [1.54, 1.807) is 25.2 Å². The average Bonchev–Trinajstić information content (AvgIpc) is 2.45. The predicted octanol–water partition coefficient (Wildman–Crippen LogP) is 1.41. The molecule has 1 heterocycles. The Kier molecular flexibility index (Phi) is 3.29. The molecule has 0 aliphatic heterocycles. The van der Waals surface area contributed by atoms with Crippen molar-refractivity contribution in [1.29, 1.82) is 0 Å². The summed E-state index contributed by atoms with van der Waals surface area (Å²) in [6.45, 7) is 6.00. The molecule has 14 heavy (non-hydrogen) atoms. The van der Waals surface area contributed by atoms with E-state index in [1.165, 1.54) is 10.4 Å². The summed E-state index contributed by atoms with van der Waals surface area (Å²) in [6.07, 6.45) is 0. The van der Waals surface area contributed by atoms with Crippen molar-refractivity contribution in [3.8, 4) is 0 Å². The molecule has 0 saturated heterocycles. The molecule has 78 valence electrons. The first-order valence-corrected chi connectivity index (χ1v) is 5.39. The highest BCUT2D eigenvalue weighted by molar-refractivity contribution is 7.10. The summed E-state index contributed by atoms with van der Waals surface area (Å²) in [5.74, 6) is -0.120. The number of aryl methyl sites for hydroxylation is 1. The molecule has 0 fully saturated rings. The second-order valence-electron chi connectivity index (χ2n) is 3.93. The van der Waals surface area contributed by atoms with Gasteiger partial charge in [0, 0.05) is 4.88 Å². The van der Waals surface area contributed by atoms with Crippen LogP contribution in [0.25, 0.3) is 0 Å². The summed E-state index contributed by atoms with van der Waals surface area (Å²) in [5, 5.41) is 4.83. The number of thiophene rings is 1. The third-order valence-corrected chi connectivity index (χ3v) is 2.99. The average molecular weight is 212 g/mol. The zero-order valence-electron chi connectivity index (χ0n) is 8.76. The molecule has 1 rings (SSSR count). The van der Waals surface area contributed by atoms with E-state index in [-0.39, 0.29) is 5.91 Å². The molecule has 0 unspecified atom stereocenters. The summed E-state index contributed by atoms with van der Waals surface area (Å²) in [6, 6.07) is 2.04. The number of hydrogen-bond donors (Lipinski definition) is 2. The molecule has 3 N–H and O–H groups in total. The summed E-state index contributed by atoms with van der Waals surface area (Å²) in [5.41, 5.74) is 6.06. The molecule has 0 spiro atoms. The van der Waals surface area contributed by atoms with E-state index in [2.05, 4.69) is 5.32 Å². The third kappa shape index (κ3) is 2.82. The molecule has 0 aromatic carbocycles. The van der Waals surface area contributed by atoms with Gasteiger partial charge >= 0.3 is 0 Å². The SMILES string of the molecule is Cc1ccsc1CNC(=O)C(C)(C)N. The Balaban J connectivity index is 2.50. The van der Waals surface area contributed by atoms with E-state index in [4.69, 9.17) is 5.73 Å². The molecular formula is C10H16N2OS. The molecule has 3 nitrogen and oxygen atoms in total. The zero-order chi connectivity index (χ0) is 10.8. The third-order valence-electron chi connectivity index (χ3n) is 1.96. The van der Waals surface area contributed by atoms with Crippen molar-refractivity contribution in [1.82, 2.24) is 5.32 Å². The lowest BCUT2D eigenvalue weighted by molar-refractivity contribution is -0.125. The second-order valence-corrected chi connectivity index (χ2v) is 4.93. The Morgan fingerprint density at radius 3 is 2.71 bits per heavy atom. The smallest absolute Gasteiger partial charge is 0.239 e. The summed E-state index contributed by atoms with van der Waals surface area (Å²) in [4.78, 5) is 12.6. The number of rotatable bonds is 3. The van der Waals surface area contributed by atoms with Crippen molar-refractivity contribution in [2.45, 2.75) is 32.9 Å². The lowest BCUT2D eigenvalue weighted by atomic mass is 10.1. The normalized spacial score (nSPS) is 11.4. The Hall–Kier alpha value is -0.870. The Morgan fingerprint density at radius 2 is 2.29 bits per heavy atom. The van der Waals surface area contributed by atoms with Crippen LogP contribution < -0.4 is 11.1 Å². The minimum Gasteiger partial charge on any atom is -0.350 e. The number of carbonyl (C=O) groups excluding carboxylic acids is 1. The predicted molar refractivity (Wildman–Crippen MR) is 59.2 cm³/mol. The zero-order valence-corrected chi connectivity index (χ0v) is 9.57. The maximum Gasteiger partial charge on any atom is 0.239 e. The minimum atomic E-state index is -0.800. The first kappa shape index (κ1) is 11.2. The van der Waals surface area contributed by atoms with Crippen molar-refractivity contribution >= 4 is 17.2 Å². The van der Waals surface area contributed by atoms with Crippen molar-refractivity contribution in [3.05, 3.63) is 21.9 Å². The molecule has 0 aliphatic carbocycles. The highest BCUT2D eigenvalue weighted by atomic mass is 32.1. The molecule has 4 heteroatoms. The van der Waals surface area contributed by atoms with Gasteiger partial charge in [0.2, 0.25) is 5.91 Å². The Labute approximate surface area is 88.3 Å². The maximum absolute atomic E-state index is 11.4. The van der Waals surface area contributed by atoms with E-state index >= 15 is 0 Å². The molecular weight excluding hydrogens is 196 g/mol. The quantitative estimate of drug-likeness (QED) is 0.796. The summed E-state index contributed by atoms with van der Waals surface area (Å²) >= 11 is 1.65. The molecule has 1 aromatic rings. The molecule has 0 radical (unpaired) electrons. The van der Waals surface area contributed by atoms with Gasteiger partial charge in [-0.2, -0.15) is 0 Å². The molecule has 1 aromatic heterocycles. The largest absolute Gasteiger partial charge is 0.350 e. The van der Waals surface area contributed by atoms with Gasteiger partial charge in [-0.15, -0.1) is 11.3 Å². The van der Waals surface area contributed by atoms with Crippen LogP contribution in [0.2, 0.25) is 0 Å². The number of carbonyl (C=O) groups is 1. The number of nitrogens with one attached hydrogen (secondary N) is 1. The van der Waals surface area contributed by atoms with Gasteiger partial charge < -0.3 is 11.1 Å². The first-order chi connectivity index (χ1) is 6.41. The molecule has 0 atom stereocenters. The Morgan fingerprint density at radius 1 is 1.64 bits per heavy atom. The topological polar surface area (TPSA) is 55.1 Å². The van der Waals surface area contributed by atoms with Gasteiger partial charge in [-0.25, -0.2) is 0 Å². The van der Waals surface area contributed by atoms with E-state index in [9.17, 15) is 4.79 Å². The van der Waals surface area contributed by atoms with Gasteiger partial charge in [-0.05, 0) is 37.8 Å². The fourth-order valence-electron chi connectivity index (χ4n) is 0.974. The summed E-state index contributed by atoms with van der Waals surface area (Å²) in [7, 11) is 0. The fourth-order valence-corrected chi connectivity index (χ4v) is 1.82. The van der Waals surface area contributed by atoms with Gasteiger partial charge in [0.1, 0.15) is 0 Å². The summed E-state index contributed by atoms with van der Waals surface area (Å²) < 4.78 is 0. The van der Waals surface area contributed by atoms with Crippen LogP contribution in [0.5, 0.6) is 0 Å². The molecule has 1 amide bonds. The maximum atomic E-state index is 11.4. The molecule has 0 aliphatic rings. The number of nitrogens with two attached hydrogens (primary N) is 1. The van der Waals surface area contributed by atoms with E-state index < -0.39 is 5.54 Å². The Bertz CT molecular complexity index is 325. The number of hydrogen-bond acceptors (Lipinski definition) is 3. The molecule has 0 saturated carbocycles. The van der Waals surface area contributed by atoms with Crippen molar-refractivity contribution in [3.63, 3.8) is 0 Å². The van der Waals surface area contributed by atoms with Gasteiger partial charge in [0.05, 0.1) is 12.1 Å². The van der Waals surface area contributed by atoms with Crippen LogP contribution >= 0.6 is 11.3 Å². The minimum absolute atomic E-state index is 0.120. The van der Waals surface area contributed by atoms with Crippen LogP contribution in [0.1, 0.15) is 24.3 Å². The lowest BCUT2D eigenvalue weighted by Gasteiger charge is -2.17. The standard InChI is InChI=1S/C10H16N2OS/c1-7-4-5-14-8(7)6-12-9(13)10(2,3)11/h4-5H,6,11H2,1-3H3,(H,12,13). The van der Waals surface area contributed by atoms with Crippen molar-refractivity contribution < 1.29 is 4.79 Å². The van der Waals surface area contributed by atoms with Crippen LogP contribution in [0.15, 0.2) is 11.4 Å². The van der Waals surface area contributed by atoms with Crippen molar-refractivity contribution in [2.75, 3.05) is 0 Å². The van der Waals surface area contributed by atoms with Crippen molar-refractivity contribution in [2.24, 2.45) is 5.73 Å². The lowest BCUT2D eigenvalue weighted by Crippen LogP contribution is -2.48. The van der Waals surface area contributed by atoms with Crippen LogP contribution in [0.3, 0.4) is 0 Å². The van der Waals surface area contributed by atoms with Crippen LogP contribution in [-0.4, -0.2) is 11.4 Å².